The number of hydrogen-bond acceptors (Lipinski definition) is 5. The smallest absolute Gasteiger partial charge is 0.161 e. The molecule has 0 spiro atoms. The molecule has 0 aliphatic carbocycles. The van der Waals surface area contributed by atoms with E-state index in [1.54, 1.807) is 12.3 Å². The van der Waals surface area contributed by atoms with Gasteiger partial charge in [-0.15, -0.1) is 0 Å². The van der Waals surface area contributed by atoms with Gasteiger partial charge >= 0.3 is 0 Å². The molecule has 0 radical (unpaired) electrons. The van der Waals surface area contributed by atoms with Crippen LogP contribution in [0.4, 0.5) is 5.82 Å². The normalized spacial score (nSPS) is 18.9. The second-order valence-corrected chi connectivity index (χ2v) is 5.10. The minimum absolute atomic E-state index is 0.141. The van der Waals surface area contributed by atoms with Crippen molar-refractivity contribution in [3.63, 3.8) is 0 Å². The molecule has 1 unspecified atom stereocenters. The summed E-state index contributed by atoms with van der Waals surface area (Å²) in [5, 5.41) is 4.05. The summed E-state index contributed by atoms with van der Waals surface area (Å²) in [6.45, 7) is 2.21. The first-order valence-electron chi connectivity index (χ1n) is 6.43. The predicted octanol–water partition coefficient (Wildman–Crippen LogP) is 2.04. The zero-order valence-corrected chi connectivity index (χ0v) is 11.6. The molecular formula is C14H15ClN4O. The van der Waals surface area contributed by atoms with Crippen molar-refractivity contribution in [1.82, 2.24) is 15.3 Å². The van der Waals surface area contributed by atoms with Gasteiger partial charge in [0, 0.05) is 23.3 Å². The number of nitrogens with zero attached hydrogens (tertiary/aromatic N) is 2. The molecule has 3 N–H and O–H groups in total. The van der Waals surface area contributed by atoms with Crippen molar-refractivity contribution < 1.29 is 4.74 Å². The van der Waals surface area contributed by atoms with Gasteiger partial charge in [0.2, 0.25) is 0 Å². The van der Waals surface area contributed by atoms with Crippen LogP contribution in [-0.4, -0.2) is 29.7 Å². The van der Waals surface area contributed by atoms with E-state index in [9.17, 15) is 0 Å². The van der Waals surface area contributed by atoms with E-state index in [0.717, 1.165) is 24.3 Å². The highest BCUT2D eigenvalue weighted by atomic mass is 35.5. The molecule has 2 aromatic rings. The third-order valence-electron chi connectivity index (χ3n) is 3.18. The van der Waals surface area contributed by atoms with Gasteiger partial charge in [0.25, 0.3) is 0 Å². The summed E-state index contributed by atoms with van der Waals surface area (Å²) in [4.78, 5) is 8.46. The minimum atomic E-state index is 0.141. The van der Waals surface area contributed by atoms with E-state index in [4.69, 9.17) is 22.1 Å². The van der Waals surface area contributed by atoms with Crippen molar-refractivity contribution in [2.24, 2.45) is 0 Å². The number of halogens is 1. The number of anilines is 1. The van der Waals surface area contributed by atoms with Gasteiger partial charge in [0.05, 0.1) is 19.3 Å². The third kappa shape index (κ3) is 2.90. The zero-order chi connectivity index (χ0) is 13.9. The van der Waals surface area contributed by atoms with Gasteiger partial charge in [-0.3, -0.25) is 0 Å². The van der Waals surface area contributed by atoms with E-state index in [-0.39, 0.29) is 6.04 Å². The summed E-state index contributed by atoms with van der Waals surface area (Å²) in [7, 11) is 0. The Bertz CT molecular complexity index is 614. The second kappa shape index (κ2) is 5.75. The molecule has 1 aromatic carbocycles. The number of nitrogens with two attached hydrogens (primary N) is 1. The van der Waals surface area contributed by atoms with E-state index >= 15 is 0 Å². The number of ether oxygens (including phenoxy) is 1. The number of aromatic nitrogens is 2. The Morgan fingerprint density at radius 2 is 2.25 bits per heavy atom. The summed E-state index contributed by atoms with van der Waals surface area (Å²) >= 11 is 6.20. The van der Waals surface area contributed by atoms with Gasteiger partial charge in [-0.05, 0) is 29.8 Å². The highest BCUT2D eigenvalue weighted by molar-refractivity contribution is 6.30. The lowest BCUT2D eigenvalue weighted by molar-refractivity contribution is 0.0769. The fourth-order valence-electron chi connectivity index (χ4n) is 2.23. The van der Waals surface area contributed by atoms with Crippen LogP contribution in [0.3, 0.4) is 0 Å². The van der Waals surface area contributed by atoms with Gasteiger partial charge in [0.15, 0.2) is 5.82 Å². The number of benzene rings is 1. The zero-order valence-electron chi connectivity index (χ0n) is 10.8. The molecule has 1 atom stereocenters. The SMILES string of the molecule is Nc1ccnc(-c2cc(Cl)cc(C3COCCN3)c2)n1. The second-order valence-electron chi connectivity index (χ2n) is 4.66. The summed E-state index contributed by atoms with van der Waals surface area (Å²) < 4.78 is 5.48. The van der Waals surface area contributed by atoms with Crippen LogP contribution in [0.2, 0.25) is 5.02 Å². The lowest BCUT2D eigenvalue weighted by atomic mass is 10.0. The van der Waals surface area contributed by atoms with E-state index in [0.29, 0.717) is 23.3 Å². The van der Waals surface area contributed by atoms with Crippen molar-refractivity contribution >= 4 is 17.4 Å². The van der Waals surface area contributed by atoms with Crippen molar-refractivity contribution in [2.75, 3.05) is 25.5 Å². The maximum Gasteiger partial charge on any atom is 0.161 e. The van der Waals surface area contributed by atoms with Crippen LogP contribution in [0.5, 0.6) is 0 Å². The topological polar surface area (TPSA) is 73.1 Å². The van der Waals surface area contributed by atoms with Crippen molar-refractivity contribution in [3.8, 4) is 11.4 Å². The Labute approximate surface area is 122 Å². The molecule has 1 fully saturated rings. The largest absolute Gasteiger partial charge is 0.384 e. The fourth-order valence-corrected chi connectivity index (χ4v) is 2.48. The van der Waals surface area contributed by atoms with Gasteiger partial charge in [0.1, 0.15) is 5.82 Å². The number of morpholine rings is 1. The molecule has 20 heavy (non-hydrogen) atoms. The first-order valence-corrected chi connectivity index (χ1v) is 6.81. The molecule has 2 heterocycles. The number of rotatable bonds is 2. The lowest BCUT2D eigenvalue weighted by Crippen LogP contribution is -2.34. The van der Waals surface area contributed by atoms with Crippen molar-refractivity contribution in [3.05, 3.63) is 41.0 Å². The third-order valence-corrected chi connectivity index (χ3v) is 3.40. The molecule has 0 saturated carbocycles. The quantitative estimate of drug-likeness (QED) is 0.885. The molecule has 1 aliphatic heterocycles. The molecule has 1 aromatic heterocycles. The Hall–Kier alpha value is -1.69. The number of nitrogen functional groups attached to an aromatic ring is 1. The summed E-state index contributed by atoms with van der Waals surface area (Å²) in [6.07, 6.45) is 1.64. The van der Waals surface area contributed by atoms with Gasteiger partial charge in [-0.25, -0.2) is 9.97 Å². The lowest BCUT2D eigenvalue weighted by Gasteiger charge is -2.24. The Morgan fingerprint density at radius 1 is 1.35 bits per heavy atom. The van der Waals surface area contributed by atoms with Gasteiger partial charge < -0.3 is 15.8 Å². The van der Waals surface area contributed by atoms with Crippen molar-refractivity contribution in [1.29, 1.82) is 0 Å². The maximum atomic E-state index is 6.20. The molecule has 0 amide bonds. The first kappa shape index (κ1) is 13.3. The van der Waals surface area contributed by atoms with Crippen LogP contribution in [0, 0.1) is 0 Å². The van der Waals surface area contributed by atoms with Crippen LogP contribution in [0.1, 0.15) is 11.6 Å². The van der Waals surface area contributed by atoms with Crippen LogP contribution < -0.4 is 11.1 Å². The number of hydrogen-bond donors (Lipinski definition) is 2. The predicted molar refractivity (Wildman–Crippen MR) is 78.5 cm³/mol. The maximum absolute atomic E-state index is 6.20. The summed E-state index contributed by atoms with van der Waals surface area (Å²) in [5.41, 5.74) is 7.62. The van der Waals surface area contributed by atoms with Crippen LogP contribution in [-0.2, 0) is 4.74 Å². The van der Waals surface area contributed by atoms with Gasteiger partial charge in [-0.1, -0.05) is 11.6 Å². The van der Waals surface area contributed by atoms with Crippen molar-refractivity contribution in [2.45, 2.75) is 6.04 Å². The van der Waals surface area contributed by atoms with E-state index in [1.807, 2.05) is 18.2 Å². The van der Waals surface area contributed by atoms with Crippen LogP contribution in [0.15, 0.2) is 30.5 Å². The highest BCUT2D eigenvalue weighted by Gasteiger charge is 2.17. The monoisotopic (exact) mass is 290 g/mol. The van der Waals surface area contributed by atoms with E-state index < -0.39 is 0 Å². The van der Waals surface area contributed by atoms with E-state index in [2.05, 4.69) is 15.3 Å². The average Bonchev–Trinajstić information content (AvgIpc) is 2.47. The molecule has 0 bridgehead atoms. The fraction of sp³-hybridized carbons (Fsp3) is 0.286. The summed E-state index contributed by atoms with van der Waals surface area (Å²) in [6, 6.07) is 7.59. The van der Waals surface area contributed by atoms with Crippen LogP contribution >= 0.6 is 11.6 Å². The van der Waals surface area contributed by atoms with Gasteiger partial charge in [-0.2, -0.15) is 0 Å². The minimum Gasteiger partial charge on any atom is -0.384 e. The Balaban J connectivity index is 1.97. The molecule has 1 aliphatic rings. The Morgan fingerprint density at radius 3 is 3.00 bits per heavy atom. The molecular weight excluding hydrogens is 276 g/mol. The number of nitrogens with one attached hydrogen (secondary N) is 1. The summed E-state index contributed by atoms with van der Waals surface area (Å²) in [5.74, 6) is 1.01. The Kier molecular flexibility index (Phi) is 3.82. The van der Waals surface area contributed by atoms with Crippen LogP contribution in [0.25, 0.3) is 11.4 Å². The average molecular weight is 291 g/mol. The molecule has 3 rings (SSSR count). The first-order chi connectivity index (χ1) is 9.72. The van der Waals surface area contributed by atoms with E-state index in [1.165, 1.54) is 0 Å². The molecule has 104 valence electrons. The molecule has 1 saturated heterocycles. The highest BCUT2D eigenvalue weighted by Crippen LogP contribution is 2.26. The molecule has 5 nitrogen and oxygen atoms in total. The molecule has 6 heteroatoms. The standard InChI is InChI=1S/C14H15ClN4O/c15-11-6-9(12-8-20-4-3-17-12)5-10(7-11)14-18-2-1-13(16)19-14/h1-2,5-7,12,17H,3-4,8H2,(H2,16,18,19).